The molecule has 0 saturated carbocycles. The van der Waals surface area contributed by atoms with Crippen molar-refractivity contribution in [3.63, 3.8) is 0 Å². The van der Waals surface area contributed by atoms with Gasteiger partial charge in [-0.2, -0.15) is 0 Å². The van der Waals surface area contributed by atoms with Gasteiger partial charge in [0, 0.05) is 24.0 Å². The van der Waals surface area contributed by atoms with Crippen molar-refractivity contribution in [2.75, 3.05) is 17.7 Å². The van der Waals surface area contributed by atoms with Crippen LogP contribution in [0.4, 0.5) is 11.5 Å². The van der Waals surface area contributed by atoms with E-state index in [1.54, 1.807) is 24.1 Å². The summed E-state index contributed by atoms with van der Waals surface area (Å²) in [6, 6.07) is 12.9. The van der Waals surface area contributed by atoms with E-state index in [1.807, 2.05) is 37.3 Å². The fraction of sp³-hybridized carbons (Fsp3) is 0.200. The Morgan fingerprint density at radius 2 is 1.95 bits per heavy atom. The number of nitrogens with zero attached hydrogens (tertiary/aromatic N) is 2. The zero-order chi connectivity index (χ0) is 13.8. The van der Waals surface area contributed by atoms with Crippen molar-refractivity contribution in [3.8, 4) is 0 Å². The lowest BCUT2D eigenvalue weighted by Gasteiger charge is -2.17. The zero-order valence-electron chi connectivity index (χ0n) is 11.1. The maximum Gasteiger partial charge on any atom is 0.258 e. The van der Waals surface area contributed by atoms with Gasteiger partial charge in [0.1, 0.15) is 5.82 Å². The third-order valence-corrected chi connectivity index (χ3v) is 2.96. The molecule has 19 heavy (non-hydrogen) atoms. The fourth-order valence-electron chi connectivity index (χ4n) is 1.88. The molecule has 2 aromatic rings. The second kappa shape index (κ2) is 5.52. The number of amides is 1. The summed E-state index contributed by atoms with van der Waals surface area (Å²) in [6.45, 7) is 1.98. The fourth-order valence-corrected chi connectivity index (χ4v) is 1.88. The molecule has 1 amide bonds. The Morgan fingerprint density at radius 1 is 1.26 bits per heavy atom. The Morgan fingerprint density at radius 3 is 2.58 bits per heavy atom. The SMILES string of the molecule is CCc1cc(C(=O)N(C)c2ccccc2)cc(N)n1. The van der Waals surface area contributed by atoms with E-state index in [1.165, 1.54) is 0 Å². The van der Waals surface area contributed by atoms with Crippen molar-refractivity contribution in [2.24, 2.45) is 0 Å². The van der Waals surface area contributed by atoms with Crippen LogP contribution in [0.15, 0.2) is 42.5 Å². The van der Waals surface area contributed by atoms with Crippen LogP contribution in [0.2, 0.25) is 0 Å². The van der Waals surface area contributed by atoms with Gasteiger partial charge in [0.15, 0.2) is 0 Å². The molecule has 98 valence electrons. The van der Waals surface area contributed by atoms with Crippen molar-refractivity contribution in [1.29, 1.82) is 0 Å². The molecule has 0 saturated heterocycles. The smallest absolute Gasteiger partial charge is 0.258 e. The molecule has 0 aliphatic carbocycles. The molecule has 0 aliphatic heterocycles. The predicted molar refractivity (Wildman–Crippen MR) is 77.2 cm³/mol. The third-order valence-electron chi connectivity index (χ3n) is 2.96. The van der Waals surface area contributed by atoms with E-state index in [9.17, 15) is 4.79 Å². The van der Waals surface area contributed by atoms with Crippen LogP contribution in [0, 0.1) is 0 Å². The van der Waals surface area contributed by atoms with Crippen molar-refractivity contribution in [1.82, 2.24) is 4.98 Å². The maximum absolute atomic E-state index is 12.4. The van der Waals surface area contributed by atoms with Gasteiger partial charge < -0.3 is 10.6 Å². The number of nitrogens with two attached hydrogens (primary N) is 1. The van der Waals surface area contributed by atoms with Crippen LogP contribution < -0.4 is 10.6 Å². The molecular weight excluding hydrogens is 238 g/mol. The summed E-state index contributed by atoms with van der Waals surface area (Å²) >= 11 is 0. The van der Waals surface area contributed by atoms with Gasteiger partial charge >= 0.3 is 0 Å². The molecule has 1 heterocycles. The largest absolute Gasteiger partial charge is 0.384 e. The predicted octanol–water partition coefficient (Wildman–Crippen LogP) is 2.50. The maximum atomic E-state index is 12.4. The van der Waals surface area contributed by atoms with Gasteiger partial charge in [0.25, 0.3) is 5.91 Å². The van der Waals surface area contributed by atoms with E-state index in [4.69, 9.17) is 5.73 Å². The third kappa shape index (κ3) is 2.91. The lowest BCUT2D eigenvalue weighted by Crippen LogP contribution is -2.26. The molecule has 2 rings (SSSR count). The van der Waals surface area contributed by atoms with Gasteiger partial charge in [0.05, 0.1) is 0 Å². The highest BCUT2D eigenvalue weighted by molar-refractivity contribution is 6.06. The van der Waals surface area contributed by atoms with E-state index >= 15 is 0 Å². The second-order valence-electron chi connectivity index (χ2n) is 4.33. The van der Waals surface area contributed by atoms with Gasteiger partial charge in [-0.3, -0.25) is 4.79 Å². The first-order valence-electron chi connectivity index (χ1n) is 6.21. The van der Waals surface area contributed by atoms with E-state index in [-0.39, 0.29) is 5.91 Å². The molecule has 1 aromatic carbocycles. The van der Waals surface area contributed by atoms with Crippen molar-refractivity contribution >= 4 is 17.4 Å². The van der Waals surface area contributed by atoms with E-state index in [0.717, 1.165) is 17.8 Å². The number of pyridine rings is 1. The average molecular weight is 255 g/mol. The van der Waals surface area contributed by atoms with Crippen LogP contribution in [0.1, 0.15) is 23.0 Å². The summed E-state index contributed by atoms with van der Waals surface area (Å²) in [5, 5.41) is 0. The summed E-state index contributed by atoms with van der Waals surface area (Å²) < 4.78 is 0. The number of para-hydroxylation sites is 1. The molecule has 4 nitrogen and oxygen atoms in total. The van der Waals surface area contributed by atoms with Gasteiger partial charge in [-0.25, -0.2) is 4.98 Å². The minimum absolute atomic E-state index is 0.0880. The van der Waals surface area contributed by atoms with Crippen molar-refractivity contribution in [2.45, 2.75) is 13.3 Å². The molecule has 0 atom stereocenters. The standard InChI is InChI=1S/C15H17N3O/c1-3-12-9-11(10-14(16)17-12)15(19)18(2)13-7-5-4-6-8-13/h4-10H,3H2,1-2H3,(H2,16,17). The molecule has 0 radical (unpaired) electrons. The van der Waals surface area contributed by atoms with Crippen LogP contribution in [0.3, 0.4) is 0 Å². The van der Waals surface area contributed by atoms with E-state index < -0.39 is 0 Å². The van der Waals surface area contributed by atoms with Gasteiger partial charge in [-0.05, 0) is 30.7 Å². The average Bonchev–Trinajstić information content (AvgIpc) is 2.46. The van der Waals surface area contributed by atoms with Gasteiger partial charge in [0.2, 0.25) is 0 Å². The highest BCUT2D eigenvalue weighted by Gasteiger charge is 2.14. The van der Waals surface area contributed by atoms with Crippen LogP contribution in [-0.4, -0.2) is 17.9 Å². The number of aryl methyl sites for hydroxylation is 1. The summed E-state index contributed by atoms with van der Waals surface area (Å²) in [6.07, 6.45) is 0.750. The zero-order valence-corrected chi connectivity index (χ0v) is 11.1. The molecule has 0 bridgehead atoms. The minimum Gasteiger partial charge on any atom is -0.384 e. The highest BCUT2D eigenvalue weighted by Crippen LogP contribution is 2.16. The van der Waals surface area contributed by atoms with Crippen LogP contribution in [0.5, 0.6) is 0 Å². The summed E-state index contributed by atoms with van der Waals surface area (Å²) in [5.74, 6) is 0.291. The molecule has 0 spiro atoms. The molecule has 1 aromatic heterocycles. The second-order valence-corrected chi connectivity index (χ2v) is 4.33. The first-order chi connectivity index (χ1) is 9.11. The van der Waals surface area contributed by atoms with Crippen LogP contribution >= 0.6 is 0 Å². The monoisotopic (exact) mass is 255 g/mol. The number of anilines is 2. The number of aromatic nitrogens is 1. The lowest BCUT2D eigenvalue weighted by atomic mass is 10.1. The first-order valence-corrected chi connectivity index (χ1v) is 6.21. The summed E-state index contributed by atoms with van der Waals surface area (Å²) in [5.41, 5.74) is 7.97. The normalized spacial score (nSPS) is 10.2. The molecule has 0 unspecified atom stereocenters. The van der Waals surface area contributed by atoms with Crippen molar-refractivity contribution < 1.29 is 4.79 Å². The topological polar surface area (TPSA) is 59.2 Å². The number of carbonyl (C=O) groups is 1. The lowest BCUT2D eigenvalue weighted by molar-refractivity contribution is 0.0993. The molecular formula is C15H17N3O. The minimum atomic E-state index is -0.0880. The van der Waals surface area contributed by atoms with E-state index in [0.29, 0.717) is 11.4 Å². The summed E-state index contributed by atoms with van der Waals surface area (Å²) in [4.78, 5) is 18.2. The molecule has 0 fully saturated rings. The van der Waals surface area contributed by atoms with Gasteiger partial charge in [-0.15, -0.1) is 0 Å². The van der Waals surface area contributed by atoms with Crippen LogP contribution in [0.25, 0.3) is 0 Å². The Balaban J connectivity index is 2.31. The molecule has 2 N–H and O–H groups in total. The number of nitrogen functional groups attached to an aromatic ring is 1. The number of benzene rings is 1. The van der Waals surface area contributed by atoms with Gasteiger partial charge in [-0.1, -0.05) is 25.1 Å². The Labute approximate surface area is 112 Å². The molecule has 4 heteroatoms. The molecule has 0 aliphatic rings. The van der Waals surface area contributed by atoms with Crippen LogP contribution in [-0.2, 0) is 6.42 Å². The number of hydrogen-bond donors (Lipinski definition) is 1. The highest BCUT2D eigenvalue weighted by atomic mass is 16.2. The first kappa shape index (κ1) is 13.1. The van der Waals surface area contributed by atoms with Crippen molar-refractivity contribution in [3.05, 3.63) is 53.7 Å². The van der Waals surface area contributed by atoms with E-state index in [2.05, 4.69) is 4.98 Å². The summed E-state index contributed by atoms with van der Waals surface area (Å²) in [7, 11) is 1.75. The Bertz CT molecular complexity index is 581. The Hall–Kier alpha value is -2.36. The Kier molecular flexibility index (Phi) is 3.80. The quantitative estimate of drug-likeness (QED) is 0.916. The number of rotatable bonds is 3. The number of hydrogen-bond acceptors (Lipinski definition) is 3. The number of carbonyl (C=O) groups excluding carboxylic acids is 1.